The zero-order valence-corrected chi connectivity index (χ0v) is 17.1. The van der Waals surface area contributed by atoms with Gasteiger partial charge in [0.25, 0.3) is 0 Å². The number of aromatic nitrogens is 1. The number of aryl methyl sites for hydroxylation is 1. The van der Waals surface area contributed by atoms with Crippen LogP contribution < -0.4 is 5.73 Å². The molecule has 4 aromatic carbocycles. The first kappa shape index (κ1) is 18.7. The molecular formula is C27H20N4. The van der Waals surface area contributed by atoms with Crippen LogP contribution in [0.3, 0.4) is 0 Å². The van der Waals surface area contributed by atoms with Gasteiger partial charge in [-0.3, -0.25) is 5.41 Å². The van der Waals surface area contributed by atoms with E-state index in [-0.39, 0.29) is 5.84 Å². The number of nitrogen functional groups attached to an aromatic ring is 1. The number of nitrogens with zero attached hydrogens (tertiary/aromatic N) is 2. The molecule has 5 rings (SSSR count). The molecule has 148 valence electrons. The molecule has 0 spiro atoms. The number of benzene rings is 4. The van der Waals surface area contributed by atoms with Crippen LogP contribution in [0.25, 0.3) is 38.6 Å². The quantitative estimate of drug-likeness (QED) is 0.291. The van der Waals surface area contributed by atoms with E-state index in [1.165, 1.54) is 10.9 Å². The lowest BCUT2D eigenvalue weighted by Gasteiger charge is -2.15. The molecule has 0 unspecified atom stereocenters. The summed E-state index contributed by atoms with van der Waals surface area (Å²) in [7, 11) is 0. The van der Waals surface area contributed by atoms with Crippen LogP contribution >= 0.6 is 0 Å². The van der Waals surface area contributed by atoms with Crippen molar-refractivity contribution in [2.75, 3.05) is 0 Å². The summed E-state index contributed by atoms with van der Waals surface area (Å²) >= 11 is 0. The molecular weight excluding hydrogens is 380 g/mol. The molecule has 0 bridgehead atoms. The Morgan fingerprint density at radius 3 is 2.42 bits per heavy atom. The number of rotatable bonds is 3. The third kappa shape index (κ3) is 3.04. The zero-order valence-electron chi connectivity index (χ0n) is 17.1. The Kier molecular flexibility index (Phi) is 4.31. The van der Waals surface area contributed by atoms with Crippen LogP contribution in [0.15, 0.2) is 84.9 Å². The van der Waals surface area contributed by atoms with Crippen molar-refractivity contribution in [2.24, 2.45) is 5.73 Å². The fourth-order valence-corrected chi connectivity index (χ4v) is 4.24. The number of hydrogen-bond donors (Lipinski definition) is 2. The smallest absolute Gasteiger partial charge is 0.124 e. The van der Waals surface area contributed by atoms with Gasteiger partial charge in [-0.2, -0.15) is 5.26 Å². The van der Waals surface area contributed by atoms with Crippen LogP contribution in [0.2, 0.25) is 0 Å². The summed E-state index contributed by atoms with van der Waals surface area (Å²) in [4.78, 5) is 0. The maximum Gasteiger partial charge on any atom is 0.124 e. The molecule has 0 aliphatic heterocycles. The Morgan fingerprint density at radius 2 is 1.61 bits per heavy atom. The van der Waals surface area contributed by atoms with Crippen molar-refractivity contribution in [3.05, 3.63) is 102 Å². The molecule has 1 heterocycles. The SMILES string of the molecule is Cc1ccc2c(c1)c1ccccc1n2-c1cc(-c2cccc(C#N)c2)ccc1C(=N)N. The van der Waals surface area contributed by atoms with Gasteiger partial charge >= 0.3 is 0 Å². The highest BCUT2D eigenvalue weighted by Gasteiger charge is 2.17. The average Bonchev–Trinajstić information content (AvgIpc) is 3.12. The Hall–Kier alpha value is -4.36. The molecule has 31 heavy (non-hydrogen) atoms. The minimum atomic E-state index is 0.0189. The second-order valence-electron chi connectivity index (χ2n) is 7.71. The van der Waals surface area contributed by atoms with E-state index in [0.29, 0.717) is 11.1 Å². The van der Waals surface area contributed by atoms with E-state index >= 15 is 0 Å². The van der Waals surface area contributed by atoms with Gasteiger partial charge in [0.2, 0.25) is 0 Å². The molecule has 3 N–H and O–H groups in total. The van der Waals surface area contributed by atoms with E-state index < -0.39 is 0 Å². The molecule has 4 nitrogen and oxygen atoms in total. The van der Waals surface area contributed by atoms with Gasteiger partial charge < -0.3 is 10.3 Å². The highest BCUT2D eigenvalue weighted by atomic mass is 15.0. The van der Waals surface area contributed by atoms with Crippen molar-refractivity contribution < 1.29 is 0 Å². The van der Waals surface area contributed by atoms with Gasteiger partial charge in [-0.15, -0.1) is 0 Å². The van der Waals surface area contributed by atoms with Crippen LogP contribution in [0.5, 0.6) is 0 Å². The summed E-state index contributed by atoms with van der Waals surface area (Å²) in [6, 6.07) is 30.4. The maximum atomic E-state index is 9.29. The second-order valence-corrected chi connectivity index (χ2v) is 7.71. The molecule has 1 aromatic heterocycles. The number of nitrogens with one attached hydrogen (secondary N) is 1. The Morgan fingerprint density at radius 1 is 0.839 bits per heavy atom. The summed E-state index contributed by atoms with van der Waals surface area (Å²) in [6.07, 6.45) is 0. The highest BCUT2D eigenvalue weighted by Crippen LogP contribution is 2.35. The normalized spacial score (nSPS) is 11.0. The number of para-hydroxylation sites is 1. The Bertz CT molecular complexity index is 1530. The molecule has 0 radical (unpaired) electrons. The molecule has 0 atom stereocenters. The van der Waals surface area contributed by atoms with Crippen LogP contribution in [0.1, 0.15) is 16.7 Å². The van der Waals surface area contributed by atoms with Gasteiger partial charge in [0.15, 0.2) is 0 Å². The lowest BCUT2D eigenvalue weighted by molar-refractivity contribution is 1.17. The molecule has 0 saturated heterocycles. The summed E-state index contributed by atoms with van der Waals surface area (Å²) in [5.74, 6) is 0.0189. The first-order chi connectivity index (χ1) is 15.1. The highest BCUT2D eigenvalue weighted by molar-refractivity contribution is 6.11. The lowest BCUT2D eigenvalue weighted by Crippen LogP contribution is -2.15. The molecule has 0 aliphatic rings. The van der Waals surface area contributed by atoms with Crippen molar-refractivity contribution in [3.63, 3.8) is 0 Å². The first-order valence-corrected chi connectivity index (χ1v) is 10.1. The lowest BCUT2D eigenvalue weighted by atomic mass is 10.00. The largest absolute Gasteiger partial charge is 0.384 e. The number of amidine groups is 1. The molecule has 0 saturated carbocycles. The number of hydrogen-bond acceptors (Lipinski definition) is 2. The second kappa shape index (κ2) is 7.16. The molecule has 0 amide bonds. The van der Waals surface area contributed by atoms with Crippen molar-refractivity contribution in [2.45, 2.75) is 6.92 Å². The molecule has 0 fully saturated rings. The summed E-state index contributed by atoms with van der Waals surface area (Å²) in [6.45, 7) is 2.09. The van der Waals surface area contributed by atoms with Gasteiger partial charge in [0, 0.05) is 16.3 Å². The number of nitriles is 1. The fourth-order valence-electron chi connectivity index (χ4n) is 4.24. The topological polar surface area (TPSA) is 78.6 Å². The summed E-state index contributed by atoms with van der Waals surface area (Å²) in [5.41, 5.74) is 13.4. The van der Waals surface area contributed by atoms with Gasteiger partial charge in [0.05, 0.1) is 28.4 Å². The standard InChI is InChI=1S/C27H20N4/c1-17-9-12-25-23(13-17)21-7-2-3-8-24(21)31(25)26-15-20(10-11-22(26)27(29)30)19-6-4-5-18(14-19)16-28/h2-15H,1H3,(H3,29,30). The Labute approximate surface area is 180 Å². The monoisotopic (exact) mass is 400 g/mol. The third-order valence-corrected chi connectivity index (χ3v) is 5.68. The molecule has 0 aliphatic carbocycles. The zero-order chi connectivity index (χ0) is 21.5. The maximum absolute atomic E-state index is 9.29. The van der Waals surface area contributed by atoms with Crippen molar-refractivity contribution in [1.82, 2.24) is 4.57 Å². The van der Waals surface area contributed by atoms with Crippen molar-refractivity contribution >= 4 is 27.6 Å². The van der Waals surface area contributed by atoms with Gasteiger partial charge in [-0.05, 0) is 60.5 Å². The van der Waals surface area contributed by atoms with Gasteiger partial charge in [-0.25, -0.2) is 0 Å². The number of nitrogens with two attached hydrogens (primary N) is 1. The van der Waals surface area contributed by atoms with E-state index in [4.69, 9.17) is 11.1 Å². The summed E-state index contributed by atoms with van der Waals surface area (Å²) in [5, 5.41) is 19.8. The van der Waals surface area contributed by atoms with Gasteiger partial charge in [0.1, 0.15) is 5.84 Å². The minimum absolute atomic E-state index is 0.0189. The molecule has 5 aromatic rings. The van der Waals surface area contributed by atoms with E-state index in [1.54, 1.807) is 6.07 Å². The van der Waals surface area contributed by atoms with Crippen LogP contribution in [-0.4, -0.2) is 10.4 Å². The van der Waals surface area contributed by atoms with Crippen LogP contribution in [0.4, 0.5) is 0 Å². The molecule has 4 heteroatoms. The van der Waals surface area contributed by atoms with Crippen LogP contribution in [0, 0.1) is 23.7 Å². The fraction of sp³-hybridized carbons (Fsp3) is 0.0370. The first-order valence-electron chi connectivity index (χ1n) is 10.1. The van der Waals surface area contributed by atoms with E-state index in [0.717, 1.165) is 33.2 Å². The predicted molar refractivity (Wildman–Crippen MR) is 127 cm³/mol. The minimum Gasteiger partial charge on any atom is -0.384 e. The van der Waals surface area contributed by atoms with Crippen LogP contribution in [-0.2, 0) is 0 Å². The average molecular weight is 400 g/mol. The summed E-state index contributed by atoms with van der Waals surface area (Å²) < 4.78 is 2.18. The number of fused-ring (bicyclic) bond motifs is 3. The predicted octanol–water partition coefficient (Wildman–Crippen LogP) is 5.91. The van der Waals surface area contributed by atoms with Crippen molar-refractivity contribution in [3.8, 4) is 22.9 Å². The van der Waals surface area contributed by atoms with E-state index in [9.17, 15) is 5.26 Å². The van der Waals surface area contributed by atoms with E-state index in [2.05, 4.69) is 54.0 Å². The van der Waals surface area contributed by atoms with E-state index in [1.807, 2.05) is 42.5 Å². The van der Waals surface area contributed by atoms with Crippen molar-refractivity contribution in [1.29, 1.82) is 10.7 Å². The third-order valence-electron chi connectivity index (χ3n) is 5.68. The Balaban J connectivity index is 1.87. The van der Waals surface area contributed by atoms with Gasteiger partial charge in [-0.1, -0.05) is 48.0 Å².